The molecule has 1 aromatic carbocycles. The van der Waals surface area contributed by atoms with Gasteiger partial charge in [-0.25, -0.2) is 0 Å². The van der Waals surface area contributed by atoms with Crippen molar-refractivity contribution in [2.75, 3.05) is 13.1 Å². The number of halogens is 1. The fourth-order valence-electron chi connectivity index (χ4n) is 2.91. The van der Waals surface area contributed by atoms with E-state index < -0.39 is 6.04 Å². The summed E-state index contributed by atoms with van der Waals surface area (Å²) in [5.74, 6) is -0.0221. The topological polar surface area (TPSA) is 66.9 Å². The number of nitrogens with one attached hydrogen (secondary N) is 2. The molecule has 3 aromatic rings. The van der Waals surface area contributed by atoms with Gasteiger partial charge in [-0.1, -0.05) is 28.1 Å². The van der Waals surface area contributed by atoms with Gasteiger partial charge in [0.25, 0.3) is 0 Å². The minimum atomic E-state index is -0.396. The monoisotopic (exact) mass is 438 g/mol. The summed E-state index contributed by atoms with van der Waals surface area (Å²) >= 11 is 3.45. The molecule has 0 saturated heterocycles. The third-order valence-corrected chi connectivity index (χ3v) is 4.97. The molecule has 2 aromatic heterocycles. The molecule has 1 amide bonds. The number of hydrogen-bond donors (Lipinski definition) is 2. The molecule has 0 aliphatic heterocycles. The van der Waals surface area contributed by atoms with Crippen molar-refractivity contribution >= 4 is 21.8 Å². The Labute approximate surface area is 173 Å². The number of benzene rings is 1. The molecule has 0 radical (unpaired) electrons. The molecule has 0 aliphatic carbocycles. The number of amides is 1. The van der Waals surface area contributed by atoms with Gasteiger partial charge in [0, 0.05) is 42.3 Å². The van der Waals surface area contributed by atoms with E-state index in [1.165, 1.54) is 5.56 Å². The quantitative estimate of drug-likeness (QED) is 0.536. The van der Waals surface area contributed by atoms with Crippen LogP contribution in [0.2, 0.25) is 0 Å². The highest BCUT2D eigenvalue weighted by molar-refractivity contribution is 9.10. The molecule has 3 rings (SSSR count). The number of nitrogens with zero attached hydrogens (tertiary/aromatic N) is 2. The van der Waals surface area contributed by atoms with Crippen LogP contribution in [0.5, 0.6) is 0 Å². The summed E-state index contributed by atoms with van der Waals surface area (Å²) in [6.07, 6.45) is 8.71. The van der Waals surface area contributed by atoms with Gasteiger partial charge in [0.1, 0.15) is 6.04 Å². The maximum absolute atomic E-state index is 12.9. The van der Waals surface area contributed by atoms with Crippen LogP contribution in [0.25, 0.3) is 0 Å². The Hall–Kier alpha value is -2.57. The second kappa shape index (κ2) is 10.7. The average Bonchev–Trinajstić information content (AvgIpc) is 2.73. The first-order chi connectivity index (χ1) is 13.7. The maximum atomic E-state index is 12.9. The van der Waals surface area contributed by atoms with E-state index in [1.807, 2.05) is 48.5 Å². The van der Waals surface area contributed by atoms with E-state index in [-0.39, 0.29) is 5.91 Å². The molecule has 0 spiro atoms. The number of hydrogen-bond acceptors (Lipinski definition) is 4. The lowest BCUT2D eigenvalue weighted by Crippen LogP contribution is -2.39. The Balaban J connectivity index is 1.59. The molecule has 2 N–H and O–H groups in total. The van der Waals surface area contributed by atoms with Gasteiger partial charge in [-0.05, 0) is 65.9 Å². The molecular weight excluding hydrogens is 416 g/mol. The summed E-state index contributed by atoms with van der Waals surface area (Å²) in [6, 6.07) is 15.4. The minimum Gasteiger partial charge on any atom is -0.354 e. The molecular formula is C22H23BrN4O. The van der Waals surface area contributed by atoms with Crippen molar-refractivity contribution in [3.8, 4) is 0 Å². The van der Waals surface area contributed by atoms with Crippen LogP contribution in [-0.4, -0.2) is 29.0 Å². The Morgan fingerprint density at radius 2 is 1.36 bits per heavy atom. The van der Waals surface area contributed by atoms with Crippen LogP contribution in [0.15, 0.2) is 77.8 Å². The molecule has 6 heteroatoms. The maximum Gasteiger partial charge on any atom is 0.241 e. The molecule has 0 fully saturated rings. The van der Waals surface area contributed by atoms with E-state index in [2.05, 4.69) is 36.5 Å². The van der Waals surface area contributed by atoms with Crippen molar-refractivity contribution in [2.24, 2.45) is 0 Å². The first-order valence-corrected chi connectivity index (χ1v) is 10.1. The fourth-order valence-corrected chi connectivity index (χ4v) is 3.17. The van der Waals surface area contributed by atoms with Gasteiger partial charge >= 0.3 is 0 Å². The van der Waals surface area contributed by atoms with Crippen molar-refractivity contribution in [3.05, 3.63) is 94.5 Å². The third kappa shape index (κ3) is 6.25. The van der Waals surface area contributed by atoms with Crippen LogP contribution in [0.4, 0.5) is 0 Å². The third-order valence-electron chi connectivity index (χ3n) is 4.44. The summed E-state index contributed by atoms with van der Waals surface area (Å²) < 4.78 is 0.991. The summed E-state index contributed by atoms with van der Waals surface area (Å²) in [6.45, 7) is 1.28. The van der Waals surface area contributed by atoms with Crippen molar-refractivity contribution in [3.63, 3.8) is 0 Å². The zero-order valence-corrected chi connectivity index (χ0v) is 17.1. The molecule has 0 aliphatic rings. The minimum absolute atomic E-state index is 0.0221. The van der Waals surface area contributed by atoms with E-state index in [1.54, 1.807) is 24.8 Å². The smallest absolute Gasteiger partial charge is 0.241 e. The number of carbonyl (C=O) groups is 1. The predicted octanol–water partition coefficient (Wildman–Crippen LogP) is 3.47. The molecule has 1 atom stereocenters. The lowest BCUT2D eigenvalue weighted by molar-refractivity contribution is -0.123. The molecule has 28 heavy (non-hydrogen) atoms. The Morgan fingerprint density at radius 1 is 0.821 bits per heavy atom. The molecule has 5 nitrogen and oxygen atoms in total. The van der Waals surface area contributed by atoms with E-state index in [9.17, 15) is 4.79 Å². The highest BCUT2D eigenvalue weighted by Crippen LogP contribution is 2.17. The second-order valence-electron chi connectivity index (χ2n) is 6.44. The van der Waals surface area contributed by atoms with E-state index in [0.717, 1.165) is 28.4 Å². The average molecular weight is 439 g/mol. The Kier molecular flexibility index (Phi) is 7.70. The zero-order chi connectivity index (χ0) is 19.6. The van der Waals surface area contributed by atoms with Crippen LogP contribution in [-0.2, 0) is 17.6 Å². The predicted molar refractivity (Wildman–Crippen MR) is 114 cm³/mol. The van der Waals surface area contributed by atoms with Gasteiger partial charge in [-0.2, -0.15) is 0 Å². The van der Waals surface area contributed by atoms with Gasteiger partial charge in [0.15, 0.2) is 0 Å². The summed E-state index contributed by atoms with van der Waals surface area (Å²) in [5, 5.41) is 6.44. The summed E-state index contributed by atoms with van der Waals surface area (Å²) in [4.78, 5) is 20.9. The van der Waals surface area contributed by atoms with Gasteiger partial charge < -0.3 is 10.6 Å². The lowest BCUT2D eigenvalue weighted by Gasteiger charge is -2.19. The number of carbonyl (C=O) groups excluding carboxylic acids is 1. The van der Waals surface area contributed by atoms with E-state index >= 15 is 0 Å². The molecule has 144 valence electrons. The van der Waals surface area contributed by atoms with Gasteiger partial charge in [-0.3, -0.25) is 14.8 Å². The van der Waals surface area contributed by atoms with E-state index in [4.69, 9.17) is 0 Å². The van der Waals surface area contributed by atoms with E-state index in [0.29, 0.717) is 13.1 Å². The SMILES string of the molecule is O=C(NCCc1ccncc1)C(NCCc1ccncc1)c1ccc(Br)cc1. The van der Waals surface area contributed by atoms with Crippen molar-refractivity contribution in [1.82, 2.24) is 20.6 Å². The molecule has 1 unspecified atom stereocenters. The Bertz CT molecular complexity index is 857. The lowest BCUT2D eigenvalue weighted by atomic mass is 10.1. The number of pyridine rings is 2. The first kappa shape index (κ1) is 20.2. The summed E-state index contributed by atoms with van der Waals surface area (Å²) in [7, 11) is 0. The highest BCUT2D eigenvalue weighted by Gasteiger charge is 2.19. The summed E-state index contributed by atoms with van der Waals surface area (Å²) in [5.41, 5.74) is 3.29. The largest absolute Gasteiger partial charge is 0.354 e. The first-order valence-electron chi connectivity index (χ1n) is 9.27. The number of rotatable bonds is 9. The second-order valence-corrected chi connectivity index (χ2v) is 7.36. The van der Waals surface area contributed by atoms with Gasteiger partial charge in [0.2, 0.25) is 5.91 Å². The zero-order valence-electron chi connectivity index (χ0n) is 15.5. The van der Waals surface area contributed by atoms with Crippen molar-refractivity contribution < 1.29 is 4.79 Å². The number of aromatic nitrogens is 2. The standard InChI is InChI=1S/C22H23BrN4O/c23-20-3-1-19(2-4-20)21(26-15-9-17-5-11-24-12-6-17)22(28)27-16-10-18-7-13-25-14-8-18/h1-8,11-14,21,26H,9-10,15-16H2,(H,27,28). The van der Waals surface area contributed by atoms with Crippen molar-refractivity contribution in [2.45, 2.75) is 18.9 Å². The highest BCUT2D eigenvalue weighted by atomic mass is 79.9. The van der Waals surface area contributed by atoms with Gasteiger partial charge in [0.05, 0.1) is 0 Å². The Morgan fingerprint density at radius 3 is 1.93 bits per heavy atom. The van der Waals surface area contributed by atoms with Crippen LogP contribution < -0.4 is 10.6 Å². The molecule has 0 bridgehead atoms. The van der Waals surface area contributed by atoms with Gasteiger partial charge in [-0.15, -0.1) is 0 Å². The van der Waals surface area contributed by atoms with Crippen LogP contribution in [0.1, 0.15) is 22.7 Å². The van der Waals surface area contributed by atoms with Crippen molar-refractivity contribution in [1.29, 1.82) is 0 Å². The fraction of sp³-hybridized carbons (Fsp3) is 0.227. The normalized spacial score (nSPS) is 11.8. The molecule has 2 heterocycles. The van der Waals surface area contributed by atoms with Crippen LogP contribution >= 0.6 is 15.9 Å². The molecule has 0 saturated carbocycles. The van der Waals surface area contributed by atoms with Crippen LogP contribution in [0.3, 0.4) is 0 Å². The van der Waals surface area contributed by atoms with Crippen LogP contribution in [0, 0.1) is 0 Å².